The molecule has 4 nitrogen and oxygen atoms in total. The van der Waals surface area contributed by atoms with Crippen molar-refractivity contribution in [2.45, 2.75) is 39.2 Å². The first-order valence-electron chi connectivity index (χ1n) is 5.88. The van der Waals surface area contributed by atoms with Crippen molar-refractivity contribution in [1.82, 2.24) is 4.98 Å². The predicted octanol–water partition coefficient (Wildman–Crippen LogP) is 3.19. The maximum Gasteiger partial charge on any atom is 0.414 e. The molecule has 1 aromatic heterocycles. The molecule has 5 heteroatoms. The molecule has 2 rings (SSSR count). The van der Waals surface area contributed by atoms with E-state index in [2.05, 4.69) is 16.8 Å². The number of aromatic nitrogens is 1. The Bertz CT molecular complexity index is 515. The average molecular weight is 264 g/mol. The van der Waals surface area contributed by atoms with Gasteiger partial charge in [0.1, 0.15) is 0 Å². The van der Waals surface area contributed by atoms with Crippen LogP contribution in [0, 0.1) is 17.8 Å². The Morgan fingerprint density at radius 3 is 2.72 bits per heavy atom. The zero-order valence-electron chi connectivity index (χ0n) is 10.7. The molecule has 1 N–H and O–H groups in total. The van der Waals surface area contributed by atoms with Crippen molar-refractivity contribution in [2.24, 2.45) is 5.92 Å². The summed E-state index contributed by atoms with van der Waals surface area (Å²) in [6, 6.07) is 0. The highest BCUT2D eigenvalue weighted by Crippen LogP contribution is 2.30. The average Bonchev–Trinajstić information content (AvgIpc) is 2.94. The smallest absolute Gasteiger partial charge is 0.414 e. The quantitative estimate of drug-likeness (QED) is 0.792. The van der Waals surface area contributed by atoms with Gasteiger partial charge in [-0.2, -0.15) is 0 Å². The van der Waals surface area contributed by atoms with E-state index in [1.54, 1.807) is 6.20 Å². The topological polar surface area (TPSA) is 53.4 Å². The van der Waals surface area contributed by atoms with Crippen LogP contribution in [-0.4, -0.2) is 21.7 Å². The number of anilines is 1. The van der Waals surface area contributed by atoms with Crippen molar-refractivity contribution < 1.29 is 9.90 Å². The molecule has 1 heterocycles. The lowest BCUT2D eigenvalue weighted by Crippen LogP contribution is -2.45. The molecular weight excluding hydrogens is 248 g/mol. The fourth-order valence-corrected chi connectivity index (χ4v) is 2.44. The molecule has 0 aromatic carbocycles. The lowest BCUT2D eigenvalue weighted by molar-refractivity contribution is 0.195. The Labute approximate surface area is 111 Å². The molecule has 0 spiro atoms. The summed E-state index contributed by atoms with van der Waals surface area (Å²) in [5.74, 6) is 6.74. The van der Waals surface area contributed by atoms with Crippen molar-refractivity contribution in [2.75, 3.05) is 4.90 Å². The number of carboxylic acid groups (broad SMARTS) is 1. The SMILES string of the molecule is CC(C)(C)N(C(=O)O)c1ncc(C#CC2CC2)s1. The normalized spacial score (nSPS) is 14.8. The van der Waals surface area contributed by atoms with Crippen molar-refractivity contribution >= 4 is 22.6 Å². The molecule has 1 saturated carbocycles. The Morgan fingerprint density at radius 1 is 1.56 bits per heavy atom. The van der Waals surface area contributed by atoms with Crippen LogP contribution in [0.1, 0.15) is 38.5 Å². The Morgan fingerprint density at radius 2 is 2.22 bits per heavy atom. The fourth-order valence-electron chi connectivity index (χ4n) is 1.48. The maximum absolute atomic E-state index is 11.3. The van der Waals surface area contributed by atoms with Gasteiger partial charge in [0.05, 0.1) is 11.1 Å². The zero-order valence-corrected chi connectivity index (χ0v) is 11.5. The van der Waals surface area contributed by atoms with Gasteiger partial charge >= 0.3 is 6.09 Å². The second kappa shape index (κ2) is 4.62. The molecule has 0 atom stereocenters. The number of hydrogen-bond acceptors (Lipinski definition) is 3. The Hall–Kier alpha value is -1.54. The summed E-state index contributed by atoms with van der Waals surface area (Å²) in [4.78, 5) is 17.6. The van der Waals surface area contributed by atoms with E-state index in [0.717, 1.165) is 4.88 Å². The lowest BCUT2D eigenvalue weighted by Gasteiger charge is -2.30. The van der Waals surface area contributed by atoms with Crippen LogP contribution in [0.25, 0.3) is 0 Å². The van der Waals surface area contributed by atoms with E-state index < -0.39 is 11.6 Å². The maximum atomic E-state index is 11.3. The highest BCUT2D eigenvalue weighted by Gasteiger charge is 2.30. The van der Waals surface area contributed by atoms with Gasteiger partial charge in [0.2, 0.25) is 0 Å². The van der Waals surface area contributed by atoms with Gasteiger partial charge in [-0.3, -0.25) is 0 Å². The van der Waals surface area contributed by atoms with E-state index in [1.807, 2.05) is 20.8 Å². The molecule has 1 aliphatic rings. The van der Waals surface area contributed by atoms with Gasteiger partial charge in [-0.1, -0.05) is 23.2 Å². The van der Waals surface area contributed by atoms with Gasteiger partial charge < -0.3 is 5.11 Å². The third-order valence-corrected chi connectivity index (χ3v) is 3.42. The number of amides is 1. The van der Waals surface area contributed by atoms with Gasteiger partial charge in [-0.15, -0.1) is 0 Å². The van der Waals surface area contributed by atoms with Crippen LogP contribution in [0.2, 0.25) is 0 Å². The fraction of sp³-hybridized carbons (Fsp3) is 0.538. The summed E-state index contributed by atoms with van der Waals surface area (Å²) in [6.07, 6.45) is 3.03. The molecule has 0 radical (unpaired) electrons. The van der Waals surface area contributed by atoms with Crippen molar-refractivity contribution in [3.8, 4) is 11.8 Å². The van der Waals surface area contributed by atoms with E-state index in [9.17, 15) is 9.90 Å². The van der Waals surface area contributed by atoms with Gasteiger partial charge in [-0.25, -0.2) is 14.7 Å². The molecule has 0 saturated heterocycles. The second-order valence-corrected chi connectivity index (χ2v) is 6.35. The van der Waals surface area contributed by atoms with Crippen LogP contribution >= 0.6 is 11.3 Å². The monoisotopic (exact) mass is 264 g/mol. The Kier molecular flexibility index (Phi) is 3.31. The van der Waals surface area contributed by atoms with Gasteiger partial charge in [0.15, 0.2) is 5.13 Å². The van der Waals surface area contributed by atoms with Crippen LogP contribution in [0.4, 0.5) is 9.93 Å². The summed E-state index contributed by atoms with van der Waals surface area (Å²) in [5, 5.41) is 9.74. The van der Waals surface area contributed by atoms with Crippen molar-refractivity contribution in [3.05, 3.63) is 11.1 Å². The van der Waals surface area contributed by atoms with Crippen LogP contribution in [0.3, 0.4) is 0 Å². The van der Waals surface area contributed by atoms with Crippen LogP contribution in [0.15, 0.2) is 6.20 Å². The third-order valence-electron chi connectivity index (χ3n) is 2.52. The largest absolute Gasteiger partial charge is 0.465 e. The summed E-state index contributed by atoms with van der Waals surface area (Å²) >= 11 is 1.33. The zero-order chi connectivity index (χ0) is 13.3. The van der Waals surface area contributed by atoms with Crippen LogP contribution in [0.5, 0.6) is 0 Å². The van der Waals surface area contributed by atoms with E-state index in [4.69, 9.17) is 0 Å². The van der Waals surface area contributed by atoms with Gasteiger partial charge in [-0.05, 0) is 33.6 Å². The van der Waals surface area contributed by atoms with Gasteiger partial charge in [0, 0.05) is 11.5 Å². The lowest BCUT2D eigenvalue weighted by atomic mass is 10.1. The highest BCUT2D eigenvalue weighted by atomic mass is 32.1. The van der Waals surface area contributed by atoms with Crippen molar-refractivity contribution in [1.29, 1.82) is 0 Å². The van der Waals surface area contributed by atoms with Crippen molar-refractivity contribution in [3.63, 3.8) is 0 Å². The predicted molar refractivity (Wildman–Crippen MR) is 72.0 cm³/mol. The van der Waals surface area contributed by atoms with E-state index in [0.29, 0.717) is 11.0 Å². The first-order chi connectivity index (χ1) is 8.38. The third kappa shape index (κ3) is 3.02. The minimum Gasteiger partial charge on any atom is -0.465 e. The molecule has 0 unspecified atom stereocenters. The van der Waals surface area contributed by atoms with Gasteiger partial charge in [0.25, 0.3) is 0 Å². The standard InChI is InChI=1S/C13H16N2O2S/c1-13(2,3)15(12(16)17)11-14-8-10(18-11)7-6-9-4-5-9/h8-9H,4-5H2,1-3H3,(H,16,17). The van der Waals surface area contributed by atoms with Crippen LogP contribution < -0.4 is 4.90 Å². The molecular formula is C13H16N2O2S. The molecule has 0 bridgehead atoms. The summed E-state index contributed by atoms with van der Waals surface area (Å²) < 4.78 is 0. The summed E-state index contributed by atoms with van der Waals surface area (Å²) in [5.41, 5.74) is -0.509. The molecule has 1 aliphatic carbocycles. The summed E-state index contributed by atoms with van der Waals surface area (Å²) in [7, 11) is 0. The second-order valence-electron chi connectivity index (χ2n) is 5.34. The molecule has 1 aromatic rings. The number of thiazole rings is 1. The molecule has 1 amide bonds. The first-order valence-corrected chi connectivity index (χ1v) is 6.70. The van der Waals surface area contributed by atoms with E-state index in [-0.39, 0.29) is 0 Å². The molecule has 96 valence electrons. The molecule has 0 aliphatic heterocycles. The summed E-state index contributed by atoms with van der Waals surface area (Å²) in [6.45, 7) is 5.54. The number of carbonyl (C=O) groups is 1. The number of hydrogen-bond donors (Lipinski definition) is 1. The minimum absolute atomic E-state index is 0.482. The molecule has 1 fully saturated rings. The van der Waals surface area contributed by atoms with Crippen LogP contribution in [-0.2, 0) is 0 Å². The number of rotatable bonds is 1. The first kappa shape index (κ1) is 12.9. The number of nitrogens with zero attached hydrogens (tertiary/aromatic N) is 2. The molecule has 18 heavy (non-hydrogen) atoms. The van der Waals surface area contributed by atoms with E-state index >= 15 is 0 Å². The van der Waals surface area contributed by atoms with E-state index in [1.165, 1.54) is 29.1 Å². The minimum atomic E-state index is -0.987. The highest BCUT2D eigenvalue weighted by molar-refractivity contribution is 7.16. The Balaban J connectivity index is 2.22.